The van der Waals surface area contributed by atoms with Gasteiger partial charge in [0.2, 0.25) is 15.9 Å². The number of anilines is 1. The SMILES string of the molecule is Cc1cc(C)c(NC(=O)Cn2cccc(S(=O)(=O)N3CCCC3)c2=O)c(C)c1. The highest BCUT2D eigenvalue weighted by atomic mass is 32.2. The van der Waals surface area contributed by atoms with E-state index in [9.17, 15) is 18.0 Å². The molecule has 0 saturated carbocycles. The van der Waals surface area contributed by atoms with Crippen LogP contribution in [0.25, 0.3) is 0 Å². The molecule has 2 aromatic rings. The van der Waals surface area contributed by atoms with E-state index in [1.807, 2.05) is 32.9 Å². The lowest BCUT2D eigenvalue weighted by Crippen LogP contribution is -2.36. The number of hydrogen-bond donors (Lipinski definition) is 1. The standard InChI is InChI=1S/C20H25N3O4S/c1-14-11-15(2)19(16(3)12-14)21-18(24)13-22-8-6-7-17(20(22)25)28(26,27)23-9-4-5-10-23/h6-8,11-12H,4-5,9-10,13H2,1-3H3,(H,21,24). The average Bonchev–Trinajstić information content (AvgIpc) is 3.15. The van der Waals surface area contributed by atoms with Gasteiger partial charge in [0.25, 0.3) is 5.56 Å². The van der Waals surface area contributed by atoms with E-state index in [1.165, 1.54) is 22.6 Å². The minimum absolute atomic E-state index is 0.255. The van der Waals surface area contributed by atoms with Gasteiger partial charge in [0, 0.05) is 25.0 Å². The van der Waals surface area contributed by atoms with Crippen LogP contribution in [-0.4, -0.2) is 36.3 Å². The Labute approximate surface area is 165 Å². The molecule has 0 atom stereocenters. The second kappa shape index (κ2) is 7.89. The maximum absolute atomic E-state index is 12.7. The fourth-order valence-corrected chi connectivity index (χ4v) is 5.22. The summed E-state index contributed by atoms with van der Waals surface area (Å²) in [7, 11) is -3.84. The van der Waals surface area contributed by atoms with Gasteiger partial charge in [-0.3, -0.25) is 9.59 Å². The Morgan fingerprint density at radius 2 is 1.71 bits per heavy atom. The molecule has 3 rings (SSSR count). The van der Waals surface area contributed by atoms with Gasteiger partial charge >= 0.3 is 0 Å². The molecule has 1 saturated heterocycles. The summed E-state index contributed by atoms with van der Waals surface area (Å²) in [5.41, 5.74) is 3.00. The molecule has 8 heteroatoms. The van der Waals surface area contributed by atoms with Crippen molar-refractivity contribution in [3.8, 4) is 0 Å². The normalized spacial score (nSPS) is 15.0. The van der Waals surface area contributed by atoms with E-state index in [0.717, 1.165) is 34.1 Å². The van der Waals surface area contributed by atoms with Crippen LogP contribution < -0.4 is 10.9 Å². The fraction of sp³-hybridized carbons (Fsp3) is 0.400. The molecule has 0 aliphatic carbocycles. The van der Waals surface area contributed by atoms with Crippen molar-refractivity contribution in [2.24, 2.45) is 0 Å². The highest BCUT2D eigenvalue weighted by Gasteiger charge is 2.30. The molecule has 1 aliphatic rings. The summed E-state index contributed by atoms with van der Waals surface area (Å²) in [6.07, 6.45) is 3.01. The second-order valence-electron chi connectivity index (χ2n) is 7.24. The fourth-order valence-electron chi connectivity index (χ4n) is 3.61. The first-order valence-corrected chi connectivity index (χ1v) is 10.7. The molecule has 7 nitrogen and oxygen atoms in total. The molecular weight excluding hydrogens is 378 g/mol. The van der Waals surface area contributed by atoms with Crippen molar-refractivity contribution in [2.75, 3.05) is 18.4 Å². The van der Waals surface area contributed by atoms with Crippen molar-refractivity contribution in [2.45, 2.75) is 45.1 Å². The number of sulfonamides is 1. The summed E-state index contributed by atoms with van der Waals surface area (Å²) in [5.74, 6) is -0.382. The van der Waals surface area contributed by atoms with E-state index < -0.39 is 15.6 Å². The van der Waals surface area contributed by atoms with E-state index in [4.69, 9.17) is 0 Å². The lowest BCUT2D eigenvalue weighted by Gasteiger charge is -2.16. The number of aryl methyl sites for hydroxylation is 3. The molecule has 28 heavy (non-hydrogen) atoms. The zero-order valence-corrected chi connectivity index (χ0v) is 17.2. The molecule has 1 amide bonds. The third-order valence-corrected chi connectivity index (χ3v) is 6.84. The topological polar surface area (TPSA) is 88.5 Å². The van der Waals surface area contributed by atoms with Crippen molar-refractivity contribution in [1.29, 1.82) is 0 Å². The number of amides is 1. The van der Waals surface area contributed by atoms with Crippen molar-refractivity contribution in [3.05, 3.63) is 57.5 Å². The van der Waals surface area contributed by atoms with E-state index in [2.05, 4.69) is 5.32 Å². The molecule has 150 valence electrons. The predicted octanol–water partition coefficient (Wildman–Crippen LogP) is 2.20. The molecule has 1 aliphatic heterocycles. The van der Waals surface area contributed by atoms with Crippen molar-refractivity contribution in [1.82, 2.24) is 8.87 Å². The smallest absolute Gasteiger partial charge is 0.271 e. The minimum Gasteiger partial charge on any atom is -0.324 e. The van der Waals surface area contributed by atoms with Crippen molar-refractivity contribution < 1.29 is 13.2 Å². The first-order valence-electron chi connectivity index (χ1n) is 9.27. The number of carbonyl (C=O) groups is 1. The lowest BCUT2D eigenvalue weighted by atomic mass is 10.1. The number of carbonyl (C=O) groups excluding carboxylic acids is 1. The van der Waals surface area contributed by atoms with Crippen LogP contribution in [0.4, 0.5) is 5.69 Å². The monoisotopic (exact) mass is 403 g/mol. The quantitative estimate of drug-likeness (QED) is 0.829. The van der Waals surface area contributed by atoms with Crippen LogP contribution in [0.1, 0.15) is 29.5 Å². The molecule has 2 heterocycles. The summed E-state index contributed by atoms with van der Waals surface area (Å²) in [5, 5.41) is 2.84. The molecule has 1 aromatic carbocycles. The van der Waals surface area contributed by atoms with Gasteiger partial charge in [-0.15, -0.1) is 0 Å². The second-order valence-corrected chi connectivity index (χ2v) is 9.14. The van der Waals surface area contributed by atoms with Gasteiger partial charge in [-0.2, -0.15) is 4.31 Å². The van der Waals surface area contributed by atoms with Crippen LogP contribution in [0.3, 0.4) is 0 Å². The van der Waals surface area contributed by atoms with Crippen LogP contribution >= 0.6 is 0 Å². The summed E-state index contributed by atoms with van der Waals surface area (Å²) < 4.78 is 27.9. The Bertz CT molecular complexity index is 1040. The Morgan fingerprint density at radius 1 is 1.11 bits per heavy atom. The van der Waals surface area contributed by atoms with Crippen LogP contribution in [0.5, 0.6) is 0 Å². The molecule has 1 fully saturated rings. The zero-order chi connectivity index (χ0) is 20.5. The Kier molecular flexibility index (Phi) is 5.71. The van der Waals surface area contributed by atoms with E-state index >= 15 is 0 Å². The van der Waals surface area contributed by atoms with Gasteiger partial charge in [-0.25, -0.2) is 8.42 Å². The molecule has 0 bridgehead atoms. The lowest BCUT2D eigenvalue weighted by molar-refractivity contribution is -0.116. The number of nitrogens with one attached hydrogen (secondary N) is 1. The van der Waals surface area contributed by atoms with Crippen LogP contribution in [0, 0.1) is 20.8 Å². The van der Waals surface area contributed by atoms with Crippen LogP contribution in [-0.2, 0) is 21.4 Å². The first-order chi connectivity index (χ1) is 13.2. The number of benzene rings is 1. The molecule has 1 aromatic heterocycles. The zero-order valence-electron chi connectivity index (χ0n) is 16.4. The van der Waals surface area contributed by atoms with Gasteiger partial charge in [-0.1, -0.05) is 17.7 Å². The minimum atomic E-state index is -3.84. The highest BCUT2D eigenvalue weighted by molar-refractivity contribution is 7.89. The van der Waals surface area contributed by atoms with E-state index in [0.29, 0.717) is 18.8 Å². The van der Waals surface area contributed by atoms with Gasteiger partial charge in [0.05, 0.1) is 0 Å². The maximum Gasteiger partial charge on any atom is 0.271 e. The van der Waals surface area contributed by atoms with Gasteiger partial charge in [-0.05, 0) is 56.9 Å². The van der Waals surface area contributed by atoms with Gasteiger partial charge < -0.3 is 9.88 Å². The summed E-state index contributed by atoms with van der Waals surface area (Å²) in [4.78, 5) is 24.9. The third kappa shape index (κ3) is 4.02. The van der Waals surface area contributed by atoms with Crippen molar-refractivity contribution >= 4 is 21.6 Å². The number of hydrogen-bond acceptors (Lipinski definition) is 4. The maximum atomic E-state index is 12.7. The third-order valence-electron chi connectivity index (χ3n) is 4.92. The number of aromatic nitrogens is 1. The Hall–Kier alpha value is -2.45. The molecule has 0 radical (unpaired) electrons. The Balaban J connectivity index is 1.84. The summed E-state index contributed by atoms with van der Waals surface area (Å²) >= 11 is 0. The summed E-state index contributed by atoms with van der Waals surface area (Å²) in [6.45, 7) is 6.38. The molecule has 0 unspecified atom stereocenters. The van der Waals surface area contributed by atoms with Crippen LogP contribution in [0.2, 0.25) is 0 Å². The number of nitrogens with zero attached hydrogens (tertiary/aromatic N) is 2. The molecule has 1 N–H and O–H groups in total. The molecular formula is C20H25N3O4S. The highest BCUT2D eigenvalue weighted by Crippen LogP contribution is 2.22. The largest absolute Gasteiger partial charge is 0.324 e. The van der Waals surface area contributed by atoms with E-state index in [1.54, 1.807) is 0 Å². The predicted molar refractivity (Wildman–Crippen MR) is 108 cm³/mol. The first kappa shape index (κ1) is 20.3. The van der Waals surface area contributed by atoms with Crippen molar-refractivity contribution in [3.63, 3.8) is 0 Å². The van der Waals surface area contributed by atoms with Crippen LogP contribution in [0.15, 0.2) is 40.2 Å². The van der Waals surface area contributed by atoms with Gasteiger partial charge in [0.15, 0.2) is 0 Å². The Morgan fingerprint density at radius 3 is 2.32 bits per heavy atom. The number of pyridine rings is 1. The summed E-state index contributed by atoms with van der Waals surface area (Å²) in [6, 6.07) is 6.73. The van der Waals surface area contributed by atoms with Gasteiger partial charge in [0.1, 0.15) is 11.4 Å². The van der Waals surface area contributed by atoms with E-state index in [-0.39, 0.29) is 17.3 Å². The molecule has 0 spiro atoms. The average molecular weight is 404 g/mol. The number of rotatable bonds is 5.